The number of rotatable bonds is 10. The van der Waals surface area contributed by atoms with Crippen LogP contribution < -0.4 is 15.4 Å². The van der Waals surface area contributed by atoms with Crippen molar-refractivity contribution in [3.05, 3.63) is 54.0 Å². The van der Waals surface area contributed by atoms with E-state index in [9.17, 15) is 0 Å². The standard InChI is InChI=1S/C19H27N5O2/c1-3-20-19(22-11-9-17-6-4-5-10-21-17)24-15-16-7-8-18(23-14-16)26-13-12-25-2/h4-8,10,14H,3,9,11-13,15H2,1-2H3,(H2,20,22,24). The van der Waals surface area contributed by atoms with E-state index in [0.717, 1.165) is 36.7 Å². The number of pyridine rings is 2. The molecule has 7 nitrogen and oxygen atoms in total. The van der Waals surface area contributed by atoms with Crippen molar-refractivity contribution in [2.75, 3.05) is 33.4 Å². The number of nitrogens with zero attached hydrogens (tertiary/aromatic N) is 3. The topological polar surface area (TPSA) is 80.7 Å². The zero-order valence-electron chi connectivity index (χ0n) is 15.4. The number of aliphatic imine (C=N–C) groups is 1. The van der Waals surface area contributed by atoms with Gasteiger partial charge in [-0.25, -0.2) is 9.98 Å². The summed E-state index contributed by atoms with van der Waals surface area (Å²) in [6, 6.07) is 9.76. The lowest BCUT2D eigenvalue weighted by Crippen LogP contribution is -2.38. The Morgan fingerprint density at radius 1 is 1.12 bits per heavy atom. The molecule has 26 heavy (non-hydrogen) atoms. The van der Waals surface area contributed by atoms with Crippen LogP contribution in [0.1, 0.15) is 18.2 Å². The summed E-state index contributed by atoms with van der Waals surface area (Å²) < 4.78 is 10.4. The third-order valence-corrected chi connectivity index (χ3v) is 3.50. The van der Waals surface area contributed by atoms with Crippen LogP contribution in [0.3, 0.4) is 0 Å². The largest absolute Gasteiger partial charge is 0.475 e. The van der Waals surface area contributed by atoms with Gasteiger partial charge in [0.2, 0.25) is 5.88 Å². The number of aromatic nitrogens is 2. The average Bonchev–Trinajstić information content (AvgIpc) is 2.68. The van der Waals surface area contributed by atoms with Gasteiger partial charge in [-0.2, -0.15) is 0 Å². The highest BCUT2D eigenvalue weighted by atomic mass is 16.5. The van der Waals surface area contributed by atoms with Gasteiger partial charge in [0.1, 0.15) is 6.61 Å². The van der Waals surface area contributed by atoms with Gasteiger partial charge < -0.3 is 20.1 Å². The van der Waals surface area contributed by atoms with E-state index < -0.39 is 0 Å². The Balaban J connectivity index is 1.81. The van der Waals surface area contributed by atoms with Gasteiger partial charge in [-0.3, -0.25) is 4.98 Å². The normalized spacial score (nSPS) is 11.2. The molecule has 0 aliphatic carbocycles. The van der Waals surface area contributed by atoms with Gasteiger partial charge in [0, 0.05) is 50.8 Å². The minimum Gasteiger partial charge on any atom is -0.475 e. The molecule has 2 rings (SSSR count). The molecule has 2 aromatic heterocycles. The van der Waals surface area contributed by atoms with E-state index in [1.807, 2.05) is 43.5 Å². The third kappa shape index (κ3) is 7.48. The fourth-order valence-electron chi connectivity index (χ4n) is 2.19. The summed E-state index contributed by atoms with van der Waals surface area (Å²) in [4.78, 5) is 13.2. The van der Waals surface area contributed by atoms with Crippen LogP contribution in [0.15, 0.2) is 47.7 Å². The zero-order valence-corrected chi connectivity index (χ0v) is 15.4. The Morgan fingerprint density at radius 2 is 2.04 bits per heavy atom. The molecule has 2 heterocycles. The van der Waals surface area contributed by atoms with Crippen LogP contribution in [0.25, 0.3) is 0 Å². The smallest absolute Gasteiger partial charge is 0.213 e. The first-order chi connectivity index (χ1) is 12.8. The van der Waals surface area contributed by atoms with Crippen molar-refractivity contribution in [3.8, 4) is 5.88 Å². The molecule has 0 saturated carbocycles. The molecule has 0 aliphatic heterocycles. The average molecular weight is 357 g/mol. The summed E-state index contributed by atoms with van der Waals surface area (Å²) in [6.45, 7) is 5.21. The summed E-state index contributed by atoms with van der Waals surface area (Å²) in [6.07, 6.45) is 4.44. The molecule has 0 atom stereocenters. The number of methoxy groups -OCH3 is 1. The molecule has 0 spiro atoms. The fraction of sp³-hybridized carbons (Fsp3) is 0.421. The minimum absolute atomic E-state index is 0.492. The van der Waals surface area contributed by atoms with Crippen molar-refractivity contribution < 1.29 is 9.47 Å². The predicted octanol–water partition coefficient (Wildman–Crippen LogP) is 1.80. The Bertz CT molecular complexity index is 647. The monoisotopic (exact) mass is 357 g/mol. The Hall–Kier alpha value is -2.67. The van der Waals surface area contributed by atoms with E-state index in [0.29, 0.717) is 25.6 Å². The van der Waals surface area contributed by atoms with Crippen molar-refractivity contribution >= 4 is 5.96 Å². The number of nitrogens with one attached hydrogen (secondary N) is 2. The lowest BCUT2D eigenvalue weighted by molar-refractivity contribution is 0.143. The van der Waals surface area contributed by atoms with Gasteiger partial charge in [-0.15, -0.1) is 0 Å². The molecule has 7 heteroatoms. The van der Waals surface area contributed by atoms with Crippen molar-refractivity contribution in [1.82, 2.24) is 20.6 Å². The molecule has 2 aromatic rings. The van der Waals surface area contributed by atoms with Crippen LogP contribution in [0.5, 0.6) is 5.88 Å². The van der Waals surface area contributed by atoms with Crippen LogP contribution in [0.4, 0.5) is 0 Å². The van der Waals surface area contributed by atoms with Crippen molar-refractivity contribution in [2.24, 2.45) is 4.99 Å². The van der Waals surface area contributed by atoms with E-state index in [4.69, 9.17) is 9.47 Å². The Morgan fingerprint density at radius 3 is 2.73 bits per heavy atom. The summed E-state index contributed by atoms with van der Waals surface area (Å²) >= 11 is 0. The quantitative estimate of drug-likeness (QED) is 0.383. The van der Waals surface area contributed by atoms with E-state index >= 15 is 0 Å². The minimum atomic E-state index is 0.492. The Kier molecular flexibility index (Phi) is 8.93. The second kappa shape index (κ2) is 11.8. The fourth-order valence-corrected chi connectivity index (χ4v) is 2.19. The van der Waals surface area contributed by atoms with Crippen molar-refractivity contribution in [1.29, 1.82) is 0 Å². The molecule has 0 amide bonds. The van der Waals surface area contributed by atoms with Crippen LogP contribution in [-0.2, 0) is 17.7 Å². The van der Waals surface area contributed by atoms with Crippen LogP contribution in [0, 0.1) is 0 Å². The Labute approximate surface area is 154 Å². The molecule has 0 fully saturated rings. The first-order valence-electron chi connectivity index (χ1n) is 8.80. The predicted molar refractivity (Wildman–Crippen MR) is 102 cm³/mol. The van der Waals surface area contributed by atoms with Gasteiger partial charge in [0.25, 0.3) is 0 Å². The lowest BCUT2D eigenvalue weighted by atomic mass is 10.3. The number of ether oxygens (including phenoxy) is 2. The summed E-state index contributed by atoms with van der Waals surface area (Å²) in [5.41, 5.74) is 2.08. The zero-order chi connectivity index (χ0) is 18.5. The maximum atomic E-state index is 5.46. The lowest BCUT2D eigenvalue weighted by Gasteiger charge is -2.11. The second-order valence-electron chi connectivity index (χ2n) is 5.54. The van der Waals surface area contributed by atoms with E-state index in [1.165, 1.54) is 0 Å². The molecule has 0 aromatic carbocycles. The van der Waals surface area contributed by atoms with Gasteiger partial charge >= 0.3 is 0 Å². The van der Waals surface area contributed by atoms with E-state index in [1.54, 1.807) is 13.3 Å². The molecule has 2 N–H and O–H groups in total. The van der Waals surface area contributed by atoms with E-state index in [-0.39, 0.29) is 0 Å². The van der Waals surface area contributed by atoms with Crippen molar-refractivity contribution in [2.45, 2.75) is 19.9 Å². The second-order valence-corrected chi connectivity index (χ2v) is 5.54. The number of hydrogen-bond donors (Lipinski definition) is 2. The highest BCUT2D eigenvalue weighted by Crippen LogP contribution is 2.08. The molecule has 0 radical (unpaired) electrons. The summed E-state index contributed by atoms with van der Waals surface area (Å²) in [5.74, 6) is 1.37. The maximum Gasteiger partial charge on any atom is 0.213 e. The molecule has 0 bridgehead atoms. The number of hydrogen-bond acceptors (Lipinski definition) is 5. The molecule has 0 unspecified atom stereocenters. The van der Waals surface area contributed by atoms with Gasteiger partial charge in [-0.05, 0) is 24.6 Å². The van der Waals surface area contributed by atoms with Gasteiger partial charge in [-0.1, -0.05) is 12.1 Å². The van der Waals surface area contributed by atoms with Gasteiger partial charge in [0.05, 0.1) is 13.2 Å². The summed E-state index contributed by atoms with van der Waals surface area (Å²) in [5, 5.41) is 6.57. The molecular weight excluding hydrogens is 330 g/mol. The molecule has 0 aliphatic rings. The van der Waals surface area contributed by atoms with Crippen LogP contribution >= 0.6 is 0 Å². The molecule has 0 saturated heterocycles. The molecular formula is C19H27N5O2. The summed E-state index contributed by atoms with van der Waals surface area (Å²) in [7, 11) is 1.64. The van der Waals surface area contributed by atoms with Gasteiger partial charge in [0.15, 0.2) is 5.96 Å². The van der Waals surface area contributed by atoms with Crippen LogP contribution in [-0.4, -0.2) is 49.3 Å². The SMILES string of the molecule is CCNC(=NCc1ccc(OCCOC)nc1)NCCc1ccccn1. The highest BCUT2D eigenvalue weighted by Gasteiger charge is 2.00. The van der Waals surface area contributed by atoms with Crippen LogP contribution in [0.2, 0.25) is 0 Å². The van der Waals surface area contributed by atoms with Crippen molar-refractivity contribution in [3.63, 3.8) is 0 Å². The first kappa shape index (κ1) is 19.7. The first-order valence-corrected chi connectivity index (χ1v) is 8.80. The van der Waals surface area contributed by atoms with E-state index in [2.05, 4.69) is 25.6 Å². The highest BCUT2D eigenvalue weighted by molar-refractivity contribution is 5.79. The maximum absolute atomic E-state index is 5.46. The molecule has 140 valence electrons. The third-order valence-electron chi connectivity index (χ3n) is 3.50. The number of guanidine groups is 1.